The van der Waals surface area contributed by atoms with Crippen molar-refractivity contribution in [3.05, 3.63) is 34.5 Å². The first-order valence-corrected chi connectivity index (χ1v) is 8.13. The summed E-state index contributed by atoms with van der Waals surface area (Å²) in [4.78, 5) is 43.3. The largest absolute Gasteiger partial charge is 0.444 e. The van der Waals surface area contributed by atoms with Crippen LogP contribution in [0.15, 0.2) is 28.2 Å². The number of carbonyl (C=O) groups excluding carboxylic acids is 3. The number of fused-ring (bicyclic) bond motifs is 1. The third-order valence-corrected chi connectivity index (χ3v) is 3.65. The number of alkyl carbamates (subject to hydrolysis) is 1. The average Bonchev–Trinajstić information content (AvgIpc) is 2.84. The Morgan fingerprint density at radius 3 is 2.60 bits per heavy atom. The van der Waals surface area contributed by atoms with Crippen LogP contribution in [0.2, 0.25) is 0 Å². The normalized spacial score (nSPS) is 14.0. The van der Waals surface area contributed by atoms with Crippen LogP contribution in [0.25, 0.3) is 0 Å². The molecule has 25 heavy (non-hydrogen) atoms. The molecule has 0 aromatic heterocycles. The molecule has 0 spiro atoms. The highest BCUT2D eigenvalue weighted by Crippen LogP contribution is 2.08. The van der Waals surface area contributed by atoms with Gasteiger partial charge < -0.3 is 10.1 Å². The van der Waals surface area contributed by atoms with Gasteiger partial charge in [0.05, 0.1) is 11.4 Å². The van der Waals surface area contributed by atoms with Gasteiger partial charge in [-0.3, -0.25) is 4.79 Å². The fourth-order valence-corrected chi connectivity index (χ4v) is 2.47. The molecule has 1 atom stereocenters. The van der Waals surface area contributed by atoms with E-state index in [9.17, 15) is 14.4 Å². The molecule has 3 amide bonds. The van der Waals surface area contributed by atoms with Crippen LogP contribution in [0.3, 0.4) is 0 Å². The topological polar surface area (TPSA) is 97.2 Å². The summed E-state index contributed by atoms with van der Waals surface area (Å²) in [6.07, 6.45) is -0.730. The van der Waals surface area contributed by atoms with Crippen LogP contribution in [0.5, 0.6) is 0 Å². The van der Waals surface area contributed by atoms with Crippen molar-refractivity contribution in [2.75, 3.05) is 0 Å². The molecule has 1 aliphatic rings. The molecule has 1 aromatic carbocycles. The fraction of sp³-hybridized carbons (Fsp3) is 0.412. The molecule has 0 radical (unpaired) electrons. The average molecular weight is 361 g/mol. The van der Waals surface area contributed by atoms with Crippen LogP contribution in [0, 0.1) is 0 Å². The van der Waals surface area contributed by atoms with Crippen LogP contribution in [-0.4, -0.2) is 34.4 Å². The molecule has 0 aliphatic carbocycles. The van der Waals surface area contributed by atoms with Crippen molar-refractivity contribution >= 4 is 35.0 Å². The molecule has 1 aromatic rings. The number of hydrogen-bond donors (Lipinski definition) is 1. The van der Waals surface area contributed by atoms with E-state index in [2.05, 4.69) is 15.3 Å². The standard InChI is InChI=1S/C17H19N3O4S/c1-9(18-16(23)24-17(2,3)4)12(21)8-13(25)10-6-5-7-11-14(10)20-15(22)19-11/h5-7,9H,8H2,1-4H3,(H,18,23)/t9-/m0/s1. The van der Waals surface area contributed by atoms with Crippen LogP contribution < -0.4 is 16.0 Å². The van der Waals surface area contributed by atoms with Gasteiger partial charge in [-0.05, 0) is 33.8 Å². The molecule has 1 heterocycles. The van der Waals surface area contributed by atoms with Crippen LogP contribution in [0.1, 0.15) is 39.7 Å². The Kier molecular flexibility index (Phi) is 5.42. The summed E-state index contributed by atoms with van der Waals surface area (Å²) in [6, 6.07) is 3.71. The Balaban J connectivity index is 2.05. The number of ether oxygens (including phenoxy) is 1. The molecule has 0 saturated heterocycles. The van der Waals surface area contributed by atoms with Crippen molar-refractivity contribution in [2.45, 2.75) is 45.8 Å². The maximum Gasteiger partial charge on any atom is 0.408 e. The lowest BCUT2D eigenvalue weighted by molar-refractivity contribution is -0.119. The summed E-state index contributed by atoms with van der Waals surface area (Å²) < 4.78 is 5.12. The number of hydrogen-bond acceptors (Lipinski definition) is 5. The van der Waals surface area contributed by atoms with Crippen molar-refractivity contribution in [3.63, 3.8) is 0 Å². The first kappa shape index (κ1) is 18.9. The van der Waals surface area contributed by atoms with Gasteiger partial charge in [-0.15, -0.1) is 0 Å². The van der Waals surface area contributed by atoms with Gasteiger partial charge in [0, 0.05) is 16.8 Å². The molecule has 0 unspecified atom stereocenters. The van der Waals surface area contributed by atoms with Gasteiger partial charge in [-0.25, -0.2) is 9.59 Å². The van der Waals surface area contributed by atoms with E-state index in [1.165, 1.54) is 0 Å². The van der Waals surface area contributed by atoms with Crippen molar-refractivity contribution in [1.29, 1.82) is 0 Å². The van der Waals surface area contributed by atoms with E-state index in [1.807, 2.05) is 0 Å². The zero-order chi connectivity index (χ0) is 18.8. The number of nitrogens with zero attached hydrogens (tertiary/aromatic N) is 2. The quantitative estimate of drug-likeness (QED) is 0.635. The highest BCUT2D eigenvalue weighted by atomic mass is 32.1. The second kappa shape index (κ2) is 7.18. The van der Waals surface area contributed by atoms with E-state index in [0.717, 1.165) is 0 Å². The second-order valence-electron chi connectivity index (χ2n) is 6.61. The van der Waals surface area contributed by atoms with E-state index in [1.54, 1.807) is 45.9 Å². The molecular formula is C17H19N3O4S. The Bertz CT molecular complexity index is 871. The third kappa shape index (κ3) is 4.99. The van der Waals surface area contributed by atoms with E-state index < -0.39 is 23.8 Å². The molecule has 1 N–H and O–H groups in total. The molecule has 1 aliphatic heterocycles. The van der Waals surface area contributed by atoms with E-state index in [4.69, 9.17) is 17.0 Å². The minimum atomic E-state index is -0.757. The van der Waals surface area contributed by atoms with E-state index in [0.29, 0.717) is 21.1 Å². The Morgan fingerprint density at radius 2 is 1.96 bits per heavy atom. The lowest BCUT2D eigenvalue weighted by Gasteiger charge is -2.21. The molecule has 132 valence electrons. The molecule has 8 heteroatoms. The van der Waals surface area contributed by atoms with Crippen LogP contribution in [0.4, 0.5) is 9.59 Å². The lowest BCUT2D eigenvalue weighted by atomic mass is 10.0. The minimum Gasteiger partial charge on any atom is -0.444 e. The fourth-order valence-electron chi connectivity index (χ4n) is 2.16. The molecular weight excluding hydrogens is 342 g/mol. The summed E-state index contributed by atoms with van der Waals surface area (Å²) in [5, 5.41) is 3.31. The number of amides is 3. The van der Waals surface area contributed by atoms with E-state index >= 15 is 0 Å². The number of rotatable bonds is 5. The maximum atomic E-state index is 12.3. The number of thiocarbonyl (C=S) groups is 1. The number of para-hydroxylation sites is 1. The van der Waals surface area contributed by atoms with Gasteiger partial charge in [0.2, 0.25) is 0 Å². The molecule has 7 nitrogen and oxygen atoms in total. The van der Waals surface area contributed by atoms with Gasteiger partial charge >= 0.3 is 12.1 Å². The van der Waals surface area contributed by atoms with Gasteiger partial charge in [-0.2, -0.15) is 9.98 Å². The van der Waals surface area contributed by atoms with Gasteiger partial charge in [0.15, 0.2) is 5.78 Å². The Morgan fingerprint density at radius 1 is 1.28 bits per heavy atom. The summed E-state index contributed by atoms with van der Waals surface area (Å²) >= 11 is 5.32. The number of nitrogens with one attached hydrogen (secondary N) is 1. The zero-order valence-corrected chi connectivity index (χ0v) is 15.3. The monoisotopic (exact) mass is 361 g/mol. The highest BCUT2D eigenvalue weighted by molar-refractivity contribution is 7.80. The smallest absolute Gasteiger partial charge is 0.408 e. The predicted octanol–water partition coefficient (Wildman–Crippen LogP) is 1.65. The Labute approximate surface area is 150 Å². The third-order valence-electron chi connectivity index (χ3n) is 3.29. The number of urea groups is 1. The van der Waals surface area contributed by atoms with Crippen molar-refractivity contribution < 1.29 is 19.1 Å². The van der Waals surface area contributed by atoms with Crippen LogP contribution >= 0.6 is 12.2 Å². The maximum absolute atomic E-state index is 12.3. The Hall–Kier alpha value is -2.48. The SMILES string of the molecule is C[C@H](NC(=O)OC(C)(C)C)C(=O)CC(=S)c1cccc2c1=NC(=O)N=2. The van der Waals surface area contributed by atoms with E-state index in [-0.39, 0.29) is 12.2 Å². The first-order chi connectivity index (χ1) is 11.6. The zero-order valence-electron chi connectivity index (χ0n) is 14.5. The van der Waals surface area contributed by atoms with Crippen molar-refractivity contribution in [3.8, 4) is 0 Å². The highest BCUT2D eigenvalue weighted by Gasteiger charge is 2.22. The van der Waals surface area contributed by atoms with Gasteiger partial charge in [-0.1, -0.05) is 24.4 Å². The summed E-state index contributed by atoms with van der Waals surface area (Å²) in [7, 11) is 0. The summed E-state index contributed by atoms with van der Waals surface area (Å²) in [5.41, 5.74) is -0.121. The lowest BCUT2D eigenvalue weighted by Crippen LogP contribution is -2.42. The molecule has 2 rings (SSSR count). The summed E-state index contributed by atoms with van der Waals surface area (Å²) in [6.45, 7) is 6.77. The van der Waals surface area contributed by atoms with Gasteiger partial charge in [0.1, 0.15) is 11.0 Å². The number of carbonyl (C=O) groups is 3. The second-order valence-corrected chi connectivity index (χ2v) is 7.11. The number of Topliss-reactive ketones (excluding diaryl/α,β-unsaturated/α-hetero) is 1. The van der Waals surface area contributed by atoms with Crippen LogP contribution in [-0.2, 0) is 9.53 Å². The predicted molar refractivity (Wildman–Crippen MR) is 94.3 cm³/mol. The first-order valence-electron chi connectivity index (χ1n) is 7.72. The van der Waals surface area contributed by atoms with Crippen molar-refractivity contribution in [1.82, 2.24) is 5.32 Å². The summed E-state index contributed by atoms with van der Waals surface area (Å²) in [5.74, 6) is -0.269. The molecule has 0 fully saturated rings. The minimum absolute atomic E-state index is 0.0630. The molecule has 0 bridgehead atoms. The molecule has 0 saturated carbocycles. The van der Waals surface area contributed by atoms with Crippen molar-refractivity contribution in [2.24, 2.45) is 9.98 Å². The number of benzene rings is 1. The van der Waals surface area contributed by atoms with Gasteiger partial charge in [0.25, 0.3) is 0 Å². The number of ketones is 1.